The van der Waals surface area contributed by atoms with Crippen LogP contribution >= 0.6 is 11.3 Å². The summed E-state index contributed by atoms with van der Waals surface area (Å²) in [5, 5.41) is 1.07. The van der Waals surface area contributed by atoms with Gasteiger partial charge in [-0.1, -0.05) is 41.7 Å². The van der Waals surface area contributed by atoms with Crippen molar-refractivity contribution in [2.24, 2.45) is 12.0 Å². The van der Waals surface area contributed by atoms with E-state index in [1.165, 1.54) is 11.3 Å². The summed E-state index contributed by atoms with van der Waals surface area (Å²) in [5.41, 5.74) is 3.53. The maximum atomic E-state index is 13.8. The first-order chi connectivity index (χ1) is 16.9. The Morgan fingerprint density at radius 1 is 1.17 bits per heavy atom. The number of carbonyl (C=O) groups is 1. The second kappa shape index (κ2) is 9.03. The zero-order valence-corrected chi connectivity index (χ0v) is 20.8. The molecule has 2 aromatic heterocycles. The zero-order valence-electron chi connectivity index (χ0n) is 19.9. The van der Waals surface area contributed by atoms with Crippen molar-refractivity contribution in [3.8, 4) is 5.75 Å². The monoisotopic (exact) mass is 487 g/mol. The lowest BCUT2D eigenvalue weighted by molar-refractivity contribution is -0.139. The number of aryl methyl sites for hydroxylation is 1. The molecule has 8 heteroatoms. The number of aromatic nitrogens is 2. The first-order valence-corrected chi connectivity index (χ1v) is 12.1. The maximum Gasteiger partial charge on any atom is 0.338 e. The summed E-state index contributed by atoms with van der Waals surface area (Å²) < 4.78 is 14.8. The second-order valence-corrected chi connectivity index (χ2v) is 9.30. The second-order valence-electron chi connectivity index (χ2n) is 8.29. The molecule has 0 bridgehead atoms. The highest BCUT2D eigenvalue weighted by molar-refractivity contribution is 7.07. The van der Waals surface area contributed by atoms with Gasteiger partial charge >= 0.3 is 5.97 Å². The van der Waals surface area contributed by atoms with Crippen molar-refractivity contribution < 1.29 is 14.3 Å². The molecule has 1 aliphatic rings. The Morgan fingerprint density at radius 2 is 1.91 bits per heavy atom. The number of allylic oxidation sites excluding steroid dienone is 1. The van der Waals surface area contributed by atoms with Gasteiger partial charge in [0.15, 0.2) is 4.80 Å². The predicted molar refractivity (Wildman–Crippen MR) is 136 cm³/mol. The number of para-hydroxylation sites is 1. The van der Waals surface area contributed by atoms with Crippen LogP contribution in [0.15, 0.2) is 75.8 Å². The lowest BCUT2D eigenvalue weighted by Crippen LogP contribution is -2.39. The molecule has 3 heterocycles. The summed E-state index contributed by atoms with van der Waals surface area (Å²) in [4.78, 5) is 32.0. The van der Waals surface area contributed by atoms with Crippen molar-refractivity contribution in [3.63, 3.8) is 0 Å². The Hall–Kier alpha value is -3.91. The summed E-state index contributed by atoms with van der Waals surface area (Å²) in [6, 6.07) is 14.8. The smallest absolute Gasteiger partial charge is 0.338 e. The third kappa shape index (κ3) is 3.89. The third-order valence-corrected chi connectivity index (χ3v) is 7.15. The maximum absolute atomic E-state index is 13.8. The van der Waals surface area contributed by atoms with Gasteiger partial charge in [0.25, 0.3) is 5.56 Å². The molecule has 0 N–H and O–H groups in total. The molecule has 0 amide bonds. The number of rotatable bonds is 5. The minimum Gasteiger partial charge on any atom is -0.497 e. The summed E-state index contributed by atoms with van der Waals surface area (Å²) in [6.07, 6.45) is 3.92. The molecule has 35 heavy (non-hydrogen) atoms. The molecular formula is C27H25N3O4S. The number of thiazole rings is 1. The van der Waals surface area contributed by atoms with Gasteiger partial charge in [-0.3, -0.25) is 9.36 Å². The summed E-state index contributed by atoms with van der Waals surface area (Å²) >= 11 is 1.32. The SMILES string of the molecule is CCOC(=O)C1=C(C)N=c2s/c(=C\c3cn(C)c4ccccc34)c(=O)n2[C@H]1c1ccc(OC)cc1. The van der Waals surface area contributed by atoms with Gasteiger partial charge in [-0.05, 0) is 43.7 Å². The number of benzene rings is 2. The molecule has 0 saturated carbocycles. The number of hydrogen-bond donors (Lipinski definition) is 0. The summed E-state index contributed by atoms with van der Waals surface area (Å²) in [6.45, 7) is 3.77. The number of fused-ring (bicyclic) bond motifs is 2. The molecule has 4 aromatic rings. The molecule has 1 aliphatic heterocycles. The highest BCUT2D eigenvalue weighted by Crippen LogP contribution is 2.31. The van der Waals surface area contributed by atoms with Crippen molar-refractivity contribution in [2.75, 3.05) is 13.7 Å². The number of hydrogen-bond acceptors (Lipinski definition) is 6. The van der Waals surface area contributed by atoms with Gasteiger partial charge in [0.1, 0.15) is 5.75 Å². The first-order valence-electron chi connectivity index (χ1n) is 11.3. The van der Waals surface area contributed by atoms with E-state index in [-0.39, 0.29) is 12.2 Å². The molecule has 2 aromatic carbocycles. The highest BCUT2D eigenvalue weighted by atomic mass is 32.1. The normalized spacial score (nSPS) is 15.8. The first kappa shape index (κ1) is 22.9. The van der Waals surface area contributed by atoms with E-state index in [2.05, 4.69) is 4.99 Å². The van der Waals surface area contributed by atoms with Crippen LogP contribution in [0, 0.1) is 0 Å². The van der Waals surface area contributed by atoms with E-state index < -0.39 is 12.0 Å². The molecule has 0 saturated heterocycles. The van der Waals surface area contributed by atoms with Crippen molar-refractivity contribution >= 4 is 34.3 Å². The van der Waals surface area contributed by atoms with Gasteiger partial charge < -0.3 is 14.0 Å². The standard InChI is InChI=1S/C27H25N3O4S/c1-5-34-26(32)23-16(2)28-27-30(24(23)17-10-12-19(33-4)13-11-17)25(31)22(35-27)14-18-15-29(3)21-9-7-6-8-20(18)21/h6-15,24H,5H2,1-4H3/b22-14-/t24-/m0/s1. The Labute approximate surface area is 205 Å². The Balaban J connectivity index is 1.74. The van der Waals surface area contributed by atoms with E-state index in [9.17, 15) is 9.59 Å². The van der Waals surface area contributed by atoms with Crippen molar-refractivity contribution in [1.29, 1.82) is 0 Å². The Morgan fingerprint density at radius 3 is 2.63 bits per heavy atom. The molecule has 5 rings (SSSR count). The summed E-state index contributed by atoms with van der Waals surface area (Å²) in [5.74, 6) is 0.216. The fourth-order valence-corrected chi connectivity index (χ4v) is 5.56. The van der Waals surface area contributed by atoms with Crippen LogP contribution in [0.2, 0.25) is 0 Å². The largest absolute Gasteiger partial charge is 0.497 e. The number of ether oxygens (including phenoxy) is 2. The van der Waals surface area contributed by atoms with E-state index in [0.717, 1.165) is 22.0 Å². The van der Waals surface area contributed by atoms with Crippen molar-refractivity contribution in [3.05, 3.63) is 96.8 Å². The van der Waals surface area contributed by atoms with Gasteiger partial charge in [-0.15, -0.1) is 0 Å². The minimum absolute atomic E-state index is 0.197. The van der Waals surface area contributed by atoms with Crippen LogP contribution in [0.4, 0.5) is 0 Å². The number of nitrogens with zero attached hydrogens (tertiary/aromatic N) is 3. The molecule has 178 valence electrons. The Kier molecular flexibility index (Phi) is 5.90. The van der Waals surface area contributed by atoms with E-state index in [1.807, 2.05) is 72.4 Å². The topological polar surface area (TPSA) is 74.8 Å². The summed E-state index contributed by atoms with van der Waals surface area (Å²) in [7, 11) is 3.58. The molecule has 0 spiro atoms. The average molecular weight is 488 g/mol. The van der Waals surface area contributed by atoms with E-state index in [4.69, 9.17) is 9.47 Å². The molecule has 1 atom stereocenters. The van der Waals surface area contributed by atoms with Crippen LogP contribution in [0.3, 0.4) is 0 Å². The van der Waals surface area contributed by atoms with Gasteiger partial charge in [0.2, 0.25) is 0 Å². The Bertz CT molecular complexity index is 1660. The van der Waals surface area contributed by atoms with E-state index >= 15 is 0 Å². The van der Waals surface area contributed by atoms with Crippen LogP contribution in [0.5, 0.6) is 5.75 Å². The molecule has 0 fully saturated rings. The van der Waals surface area contributed by atoms with E-state index in [0.29, 0.717) is 26.4 Å². The van der Waals surface area contributed by atoms with Crippen LogP contribution in [0.25, 0.3) is 17.0 Å². The number of esters is 1. The van der Waals surface area contributed by atoms with Gasteiger partial charge in [0.05, 0.1) is 35.6 Å². The number of carbonyl (C=O) groups excluding carboxylic acids is 1. The molecule has 0 aliphatic carbocycles. The van der Waals surface area contributed by atoms with Crippen LogP contribution in [0.1, 0.15) is 31.0 Å². The molecule has 0 unspecified atom stereocenters. The van der Waals surface area contributed by atoms with Crippen LogP contribution in [-0.2, 0) is 16.6 Å². The lowest BCUT2D eigenvalue weighted by atomic mass is 9.96. The van der Waals surface area contributed by atoms with Crippen molar-refractivity contribution in [1.82, 2.24) is 9.13 Å². The van der Waals surface area contributed by atoms with Crippen LogP contribution < -0.4 is 19.6 Å². The van der Waals surface area contributed by atoms with Crippen molar-refractivity contribution in [2.45, 2.75) is 19.9 Å². The highest BCUT2D eigenvalue weighted by Gasteiger charge is 2.33. The molecule has 7 nitrogen and oxygen atoms in total. The lowest BCUT2D eigenvalue weighted by Gasteiger charge is -2.24. The van der Waals surface area contributed by atoms with Gasteiger partial charge in [-0.25, -0.2) is 9.79 Å². The average Bonchev–Trinajstić information content (AvgIpc) is 3.34. The molecular weight excluding hydrogens is 462 g/mol. The fraction of sp³-hybridized carbons (Fsp3) is 0.222. The van der Waals surface area contributed by atoms with Gasteiger partial charge in [0, 0.05) is 29.7 Å². The molecule has 0 radical (unpaired) electrons. The zero-order chi connectivity index (χ0) is 24.7. The minimum atomic E-state index is -0.647. The predicted octanol–water partition coefficient (Wildman–Crippen LogP) is 3.30. The quantitative estimate of drug-likeness (QED) is 0.405. The van der Waals surface area contributed by atoms with Gasteiger partial charge in [-0.2, -0.15) is 0 Å². The number of methoxy groups -OCH3 is 1. The third-order valence-electron chi connectivity index (χ3n) is 6.16. The van der Waals surface area contributed by atoms with E-state index in [1.54, 1.807) is 25.5 Å². The fourth-order valence-electron chi connectivity index (χ4n) is 4.52. The van der Waals surface area contributed by atoms with Crippen LogP contribution in [-0.4, -0.2) is 28.8 Å².